The van der Waals surface area contributed by atoms with Crippen LogP contribution in [0.1, 0.15) is 13.3 Å². The standard InChI is InChI=1S/C7H10BrNO4/c1-4(10)5(2-7(12)13)9-6(11)3-8/h5H,2-3H2,1H3,(H,9,11)(H,12,13)/t5-/m0/s1. The van der Waals surface area contributed by atoms with Crippen molar-refractivity contribution in [3.05, 3.63) is 0 Å². The molecule has 0 aromatic carbocycles. The Bertz CT molecular complexity index is 229. The van der Waals surface area contributed by atoms with Gasteiger partial charge in [-0.2, -0.15) is 0 Å². The van der Waals surface area contributed by atoms with E-state index in [4.69, 9.17) is 5.11 Å². The van der Waals surface area contributed by atoms with Crippen LogP contribution < -0.4 is 5.32 Å². The highest BCUT2D eigenvalue weighted by Gasteiger charge is 2.19. The summed E-state index contributed by atoms with van der Waals surface area (Å²) in [6.45, 7) is 1.24. The molecule has 13 heavy (non-hydrogen) atoms. The van der Waals surface area contributed by atoms with Crippen LogP contribution in [-0.4, -0.2) is 34.1 Å². The van der Waals surface area contributed by atoms with Crippen LogP contribution in [0.2, 0.25) is 0 Å². The summed E-state index contributed by atoms with van der Waals surface area (Å²) in [6.07, 6.45) is -0.381. The number of carbonyl (C=O) groups is 3. The van der Waals surface area contributed by atoms with E-state index in [0.29, 0.717) is 0 Å². The second-order valence-corrected chi connectivity index (χ2v) is 3.02. The summed E-state index contributed by atoms with van der Waals surface area (Å²) in [4.78, 5) is 31.9. The third kappa shape index (κ3) is 5.35. The summed E-state index contributed by atoms with van der Waals surface area (Å²) in [6, 6.07) is -0.928. The normalized spacial score (nSPS) is 11.8. The fraction of sp³-hybridized carbons (Fsp3) is 0.571. The van der Waals surface area contributed by atoms with Gasteiger partial charge in [-0.1, -0.05) is 15.9 Å². The van der Waals surface area contributed by atoms with Crippen LogP contribution in [0.5, 0.6) is 0 Å². The third-order valence-electron chi connectivity index (χ3n) is 1.33. The van der Waals surface area contributed by atoms with E-state index in [-0.39, 0.29) is 17.5 Å². The SMILES string of the molecule is CC(=O)[C@H](CC(=O)O)NC(=O)CBr. The molecule has 0 saturated heterocycles. The van der Waals surface area contributed by atoms with Gasteiger partial charge < -0.3 is 10.4 Å². The summed E-state index contributed by atoms with van der Waals surface area (Å²) < 4.78 is 0. The Morgan fingerprint density at radius 3 is 2.31 bits per heavy atom. The molecule has 74 valence electrons. The van der Waals surface area contributed by atoms with Gasteiger partial charge in [0.05, 0.1) is 17.8 Å². The molecule has 0 rings (SSSR count). The minimum absolute atomic E-state index is 0.0520. The lowest BCUT2D eigenvalue weighted by molar-refractivity contribution is -0.139. The lowest BCUT2D eigenvalue weighted by Crippen LogP contribution is -2.41. The zero-order valence-corrected chi connectivity index (χ0v) is 8.63. The van der Waals surface area contributed by atoms with Crippen molar-refractivity contribution in [3.63, 3.8) is 0 Å². The maximum absolute atomic E-state index is 10.8. The molecule has 2 N–H and O–H groups in total. The van der Waals surface area contributed by atoms with E-state index in [1.807, 2.05) is 0 Å². The van der Waals surface area contributed by atoms with Gasteiger partial charge in [0.1, 0.15) is 0 Å². The topological polar surface area (TPSA) is 83.5 Å². The molecule has 0 unspecified atom stereocenters. The van der Waals surface area contributed by atoms with E-state index in [1.54, 1.807) is 0 Å². The van der Waals surface area contributed by atoms with E-state index in [2.05, 4.69) is 21.2 Å². The van der Waals surface area contributed by atoms with Crippen LogP contribution in [0.4, 0.5) is 0 Å². The van der Waals surface area contributed by atoms with E-state index in [0.717, 1.165) is 0 Å². The molecule has 0 saturated carbocycles. The van der Waals surface area contributed by atoms with Crippen molar-refractivity contribution in [1.29, 1.82) is 0 Å². The van der Waals surface area contributed by atoms with Crippen LogP contribution in [-0.2, 0) is 14.4 Å². The van der Waals surface area contributed by atoms with E-state index in [1.165, 1.54) is 6.92 Å². The highest BCUT2D eigenvalue weighted by atomic mass is 79.9. The number of hydrogen-bond donors (Lipinski definition) is 2. The molecule has 0 radical (unpaired) electrons. The quantitative estimate of drug-likeness (QED) is 0.671. The molecular formula is C7H10BrNO4. The van der Waals surface area contributed by atoms with Crippen molar-refractivity contribution >= 4 is 33.6 Å². The lowest BCUT2D eigenvalue weighted by atomic mass is 10.1. The van der Waals surface area contributed by atoms with Crippen molar-refractivity contribution in [2.24, 2.45) is 0 Å². The van der Waals surface area contributed by atoms with Gasteiger partial charge in [0.25, 0.3) is 0 Å². The van der Waals surface area contributed by atoms with Crippen LogP contribution in [0, 0.1) is 0 Å². The summed E-state index contributed by atoms with van der Waals surface area (Å²) >= 11 is 2.89. The Labute approximate surface area is 83.6 Å². The van der Waals surface area contributed by atoms with Crippen molar-refractivity contribution < 1.29 is 19.5 Å². The Morgan fingerprint density at radius 1 is 1.46 bits per heavy atom. The molecule has 6 heteroatoms. The number of hydrogen-bond acceptors (Lipinski definition) is 3. The first-order valence-corrected chi connectivity index (χ1v) is 4.67. The number of rotatable bonds is 5. The zero-order valence-electron chi connectivity index (χ0n) is 7.04. The number of amides is 1. The first kappa shape index (κ1) is 12.1. The molecule has 1 amide bonds. The predicted octanol–water partition coefficient (Wildman–Crippen LogP) is -0.0702. The Hall–Kier alpha value is -0.910. The number of halogens is 1. The summed E-state index contributed by atoms with van der Waals surface area (Å²) in [5, 5.41) is 10.7. The molecule has 0 aliphatic heterocycles. The molecule has 0 heterocycles. The minimum atomic E-state index is -1.12. The van der Waals surface area contributed by atoms with Crippen LogP contribution in [0.3, 0.4) is 0 Å². The highest BCUT2D eigenvalue weighted by Crippen LogP contribution is 1.94. The molecule has 1 atom stereocenters. The second kappa shape index (κ2) is 5.69. The molecule has 0 aliphatic rings. The van der Waals surface area contributed by atoms with Gasteiger partial charge >= 0.3 is 5.97 Å². The monoisotopic (exact) mass is 251 g/mol. The van der Waals surface area contributed by atoms with Gasteiger partial charge in [-0.05, 0) is 6.92 Å². The van der Waals surface area contributed by atoms with Gasteiger partial charge in [0.2, 0.25) is 5.91 Å². The number of ketones is 1. The van der Waals surface area contributed by atoms with E-state index in [9.17, 15) is 14.4 Å². The lowest BCUT2D eigenvalue weighted by Gasteiger charge is -2.12. The average Bonchev–Trinajstić information content (AvgIpc) is 2.02. The fourth-order valence-electron chi connectivity index (χ4n) is 0.704. The number of Topliss-reactive ketones (excluding diaryl/α,β-unsaturated/α-hetero) is 1. The fourth-order valence-corrected chi connectivity index (χ4v) is 0.866. The van der Waals surface area contributed by atoms with Gasteiger partial charge in [-0.15, -0.1) is 0 Å². The molecule has 0 spiro atoms. The average molecular weight is 252 g/mol. The first-order chi connectivity index (χ1) is 5.97. The van der Waals surface area contributed by atoms with E-state index < -0.39 is 17.9 Å². The maximum Gasteiger partial charge on any atom is 0.305 e. The van der Waals surface area contributed by atoms with Crippen LogP contribution in [0.25, 0.3) is 0 Å². The van der Waals surface area contributed by atoms with Crippen LogP contribution in [0.15, 0.2) is 0 Å². The van der Waals surface area contributed by atoms with Gasteiger partial charge in [-0.25, -0.2) is 0 Å². The Morgan fingerprint density at radius 2 is 2.00 bits per heavy atom. The molecule has 0 aromatic rings. The molecule has 0 aromatic heterocycles. The van der Waals surface area contributed by atoms with Crippen molar-refractivity contribution in [2.75, 3.05) is 5.33 Å². The molecule has 5 nitrogen and oxygen atoms in total. The first-order valence-electron chi connectivity index (χ1n) is 3.55. The number of carbonyl (C=O) groups excluding carboxylic acids is 2. The smallest absolute Gasteiger partial charge is 0.305 e. The van der Waals surface area contributed by atoms with Gasteiger partial charge in [0, 0.05) is 0 Å². The van der Waals surface area contributed by atoms with Crippen molar-refractivity contribution in [3.8, 4) is 0 Å². The van der Waals surface area contributed by atoms with Gasteiger partial charge in [-0.3, -0.25) is 14.4 Å². The molecule has 0 fully saturated rings. The number of carboxylic acids is 1. The maximum atomic E-state index is 10.8. The third-order valence-corrected chi connectivity index (χ3v) is 1.84. The Kier molecular flexibility index (Phi) is 5.29. The van der Waals surface area contributed by atoms with E-state index >= 15 is 0 Å². The summed E-state index contributed by atoms with van der Waals surface area (Å²) in [5.41, 5.74) is 0. The highest BCUT2D eigenvalue weighted by molar-refractivity contribution is 9.09. The largest absolute Gasteiger partial charge is 0.481 e. The summed E-state index contributed by atoms with van der Waals surface area (Å²) in [7, 11) is 0. The van der Waals surface area contributed by atoms with Crippen molar-refractivity contribution in [1.82, 2.24) is 5.32 Å². The number of aliphatic carboxylic acids is 1. The second-order valence-electron chi connectivity index (χ2n) is 2.46. The van der Waals surface area contributed by atoms with Crippen molar-refractivity contribution in [2.45, 2.75) is 19.4 Å². The minimum Gasteiger partial charge on any atom is -0.481 e. The molecular weight excluding hydrogens is 242 g/mol. The number of alkyl halides is 1. The van der Waals surface area contributed by atoms with Gasteiger partial charge in [0.15, 0.2) is 5.78 Å². The molecule has 0 bridgehead atoms. The van der Waals surface area contributed by atoms with Crippen LogP contribution >= 0.6 is 15.9 Å². The number of nitrogens with one attached hydrogen (secondary N) is 1. The zero-order chi connectivity index (χ0) is 10.4. The predicted molar refractivity (Wildman–Crippen MR) is 48.7 cm³/mol. The summed E-state index contributed by atoms with van der Waals surface area (Å²) in [5.74, 6) is -1.88. The molecule has 0 aliphatic carbocycles. The Balaban J connectivity index is 4.18. The number of carboxylic acid groups (broad SMARTS) is 1.